The van der Waals surface area contributed by atoms with E-state index in [-0.39, 0.29) is 5.91 Å². The molecule has 1 fully saturated rings. The lowest BCUT2D eigenvalue weighted by Crippen LogP contribution is -2.26. The summed E-state index contributed by atoms with van der Waals surface area (Å²) < 4.78 is 0. The molecule has 2 N–H and O–H groups in total. The molecule has 0 aliphatic heterocycles. The maximum absolute atomic E-state index is 11.9. The fourth-order valence-electron chi connectivity index (χ4n) is 2.08. The molecule has 1 aromatic heterocycles. The van der Waals surface area contributed by atoms with Crippen molar-refractivity contribution in [3.05, 3.63) is 53.5 Å². The van der Waals surface area contributed by atoms with Crippen LogP contribution >= 0.6 is 0 Å². The summed E-state index contributed by atoms with van der Waals surface area (Å²) >= 11 is 0. The summed E-state index contributed by atoms with van der Waals surface area (Å²) in [5, 5.41) is 6.14. The van der Waals surface area contributed by atoms with Crippen LogP contribution in [0.3, 0.4) is 0 Å². The second-order valence-electron chi connectivity index (χ2n) is 5.38. The van der Waals surface area contributed by atoms with E-state index in [9.17, 15) is 4.79 Å². The second kappa shape index (κ2) is 5.91. The van der Waals surface area contributed by atoms with Crippen LogP contribution < -0.4 is 10.6 Å². The maximum Gasteiger partial charge on any atom is 0.270 e. The van der Waals surface area contributed by atoms with Crippen molar-refractivity contribution in [2.75, 3.05) is 5.32 Å². The highest BCUT2D eigenvalue weighted by Gasteiger charge is 2.24. The molecule has 3 rings (SSSR count). The van der Waals surface area contributed by atoms with Crippen LogP contribution in [0.4, 0.5) is 5.82 Å². The molecule has 2 aromatic rings. The Morgan fingerprint density at radius 1 is 1.29 bits per heavy atom. The average Bonchev–Trinajstić information content (AvgIpc) is 3.29. The lowest BCUT2D eigenvalue weighted by molar-refractivity contribution is 0.0946. The van der Waals surface area contributed by atoms with E-state index >= 15 is 0 Å². The predicted molar refractivity (Wildman–Crippen MR) is 81.0 cm³/mol. The van der Waals surface area contributed by atoms with Crippen molar-refractivity contribution in [1.29, 1.82) is 0 Å². The summed E-state index contributed by atoms with van der Waals surface area (Å²) in [6.07, 6.45) is 3.55. The molecule has 1 aliphatic rings. The van der Waals surface area contributed by atoms with Crippen LogP contribution in [0.5, 0.6) is 0 Å². The van der Waals surface area contributed by atoms with E-state index in [0.717, 1.165) is 12.8 Å². The van der Waals surface area contributed by atoms with Crippen molar-refractivity contribution in [3.63, 3.8) is 0 Å². The standard InChI is InChI=1S/C16H18N4O/c1-11-3-2-4-12(7-11)9-17-15-8-14(18-10-19-15)16(21)20-13-5-6-13/h2-4,7-8,10,13H,5-6,9H2,1H3,(H,20,21)(H,17,18,19). The molecule has 108 valence electrons. The van der Waals surface area contributed by atoms with Gasteiger partial charge < -0.3 is 10.6 Å². The van der Waals surface area contributed by atoms with Crippen LogP contribution in [0, 0.1) is 6.92 Å². The molecule has 0 spiro atoms. The molecule has 0 atom stereocenters. The summed E-state index contributed by atoms with van der Waals surface area (Å²) in [4.78, 5) is 20.1. The molecule has 5 heteroatoms. The first kappa shape index (κ1) is 13.5. The quantitative estimate of drug-likeness (QED) is 0.883. The fourth-order valence-corrected chi connectivity index (χ4v) is 2.08. The van der Waals surface area contributed by atoms with Crippen molar-refractivity contribution >= 4 is 11.7 Å². The minimum Gasteiger partial charge on any atom is -0.366 e. The molecule has 1 amide bonds. The zero-order valence-electron chi connectivity index (χ0n) is 12.0. The molecule has 1 aromatic carbocycles. The lowest BCUT2D eigenvalue weighted by Gasteiger charge is -2.08. The van der Waals surface area contributed by atoms with Gasteiger partial charge in [0.15, 0.2) is 0 Å². The Morgan fingerprint density at radius 2 is 2.14 bits per heavy atom. The maximum atomic E-state index is 11.9. The first-order chi connectivity index (χ1) is 10.2. The summed E-state index contributed by atoms with van der Waals surface area (Å²) in [6, 6.07) is 10.3. The summed E-state index contributed by atoms with van der Waals surface area (Å²) in [5.74, 6) is 0.533. The average molecular weight is 282 g/mol. The van der Waals surface area contributed by atoms with Gasteiger partial charge in [0.25, 0.3) is 5.91 Å². The number of aryl methyl sites for hydroxylation is 1. The molecule has 5 nitrogen and oxygen atoms in total. The van der Waals surface area contributed by atoms with Gasteiger partial charge in [0.2, 0.25) is 0 Å². The second-order valence-corrected chi connectivity index (χ2v) is 5.38. The molecule has 0 saturated heterocycles. The number of benzene rings is 1. The van der Waals surface area contributed by atoms with Gasteiger partial charge in [-0.3, -0.25) is 4.79 Å². The monoisotopic (exact) mass is 282 g/mol. The molecular weight excluding hydrogens is 264 g/mol. The fraction of sp³-hybridized carbons (Fsp3) is 0.312. The third-order valence-corrected chi connectivity index (χ3v) is 3.37. The number of nitrogens with one attached hydrogen (secondary N) is 2. The topological polar surface area (TPSA) is 66.9 Å². The summed E-state index contributed by atoms with van der Waals surface area (Å²) in [7, 11) is 0. The number of rotatable bonds is 5. The van der Waals surface area contributed by atoms with Crippen LogP contribution in [-0.4, -0.2) is 21.9 Å². The van der Waals surface area contributed by atoms with Gasteiger partial charge in [-0.15, -0.1) is 0 Å². The Bertz CT molecular complexity index is 652. The van der Waals surface area contributed by atoms with Gasteiger partial charge in [0.1, 0.15) is 17.8 Å². The van der Waals surface area contributed by atoms with E-state index in [4.69, 9.17) is 0 Å². The van der Waals surface area contributed by atoms with Gasteiger partial charge in [-0.1, -0.05) is 29.8 Å². The largest absolute Gasteiger partial charge is 0.366 e. The Labute approximate surface area is 123 Å². The van der Waals surface area contributed by atoms with Crippen LogP contribution in [0.15, 0.2) is 36.7 Å². The van der Waals surface area contributed by atoms with E-state index in [1.54, 1.807) is 6.07 Å². The molecular formula is C16H18N4O. The van der Waals surface area contributed by atoms with Crippen molar-refractivity contribution < 1.29 is 4.79 Å². The van der Waals surface area contributed by atoms with Crippen molar-refractivity contribution in [1.82, 2.24) is 15.3 Å². The van der Waals surface area contributed by atoms with Gasteiger partial charge in [-0.05, 0) is 25.3 Å². The van der Waals surface area contributed by atoms with E-state index < -0.39 is 0 Å². The van der Waals surface area contributed by atoms with Gasteiger partial charge in [-0.2, -0.15) is 0 Å². The normalized spacial score (nSPS) is 13.8. The summed E-state index contributed by atoms with van der Waals surface area (Å²) in [6.45, 7) is 2.73. The van der Waals surface area contributed by atoms with Crippen LogP contribution in [-0.2, 0) is 6.54 Å². The number of aromatic nitrogens is 2. The SMILES string of the molecule is Cc1cccc(CNc2cc(C(=O)NC3CC3)ncn2)c1. The van der Waals surface area contributed by atoms with Crippen LogP contribution in [0.25, 0.3) is 0 Å². The zero-order chi connectivity index (χ0) is 14.7. The van der Waals surface area contributed by atoms with Crippen LogP contribution in [0.1, 0.15) is 34.5 Å². The number of nitrogens with zero attached hydrogens (tertiary/aromatic N) is 2. The van der Waals surface area contributed by atoms with E-state index in [0.29, 0.717) is 24.1 Å². The molecule has 1 saturated carbocycles. The lowest BCUT2D eigenvalue weighted by atomic mass is 10.1. The molecule has 1 heterocycles. The van der Waals surface area contributed by atoms with Crippen molar-refractivity contribution in [3.8, 4) is 0 Å². The number of carbonyl (C=O) groups excluding carboxylic acids is 1. The van der Waals surface area contributed by atoms with Gasteiger partial charge in [0, 0.05) is 18.7 Å². The van der Waals surface area contributed by atoms with Crippen molar-refractivity contribution in [2.24, 2.45) is 0 Å². The zero-order valence-corrected chi connectivity index (χ0v) is 12.0. The smallest absolute Gasteiger partial charge is 0.270 e. The van der Waals surface area contributed by atoms with E-state index in [1.165, 1.54) is 17.5 Å². The molecule has 0 radical (unpaired) electrons. The Kier molecular flexibility index (Phi) is 3.81. The Morgan fingerprint density at radius 3 is 2.90 bits per heavy atom. The number of hydrogen-bond acceptors (Lipinski definition) is 4. The molecule has 21 heavy (non-hydrogen) atoms. The minimum atomic E-state index is -0.126. The van der Waals surface area contributed by atoms with Gasteiger partial charge >= 0.3 is 0 Å². The number of anilines is 1. The number of amides is 1. The van der Waals surface area contributed by atoms with Gasteiger partial charge in [-0.25, -0.2) is 9.97 Å². The molecule has 1 aliphatic carbocycles. The third kappa shape index (κ3) is 3.78. The van der Waals surface area contributed by atoms with Crippen LogP contribution in [0.2, 0.25) is 0 Å². The Hall–Kier alpha value is -2.43. The van der Waals surface area contributed by atoms with Gasteiger partial charge in [0.05, 0.1) is 0 Å². The highest BCUT2D eigenvalue weighted by Crippen LogP contribution is 2.19. The predicted octanol–water partition coefficient (Wildman–Crippen LogP) is 2.29. The number of hydrogen-bond donors (Lipinski definition) is 2. The highest BCUT2D eigenvalue weighted by molar-refractivity contribution is 5.93. The first-order valence-electron chi connectivity index (χ1n) is 7.13. The van der Waals surface area contributed by atoms with E-state index in [2.05, 4.69) is 45.7 Å². The number of carbonyl (C=O) groups is 1. The third-order valence-electron chi connectivity index (χ3n) is 3.37. The van der Waals surface area contributed by atoms with E-state index in [1.807, 2.05) is 6.07 Å². The molecule has 0 bridgehead atoms. The highest BCUT2D eigenvalue weighted by atomic mass is 16.2. The minimum absolute atomic E-state index is 0.126. The Balaban J connectivity index is 1.63. The first-order valence-corrected chi connectivity index (χ1v) is 7.13. The molecule has 0 unspecified atom stereocenters. The summed E-state index contributed by atoms with van der Waals surface area (Å²) in [5.41, 5.74) is 2.81. The van der Waals surface area contributed by atoms with Crippen molar-refractivity contribution in [2.45, 2.75) is 32.4 Å².